The van der Waals surface area contributed by atoms with Crippen LogP contribution < -0.4 is 20.1 Å². The number of aromatic nitrogens is 3. The van der Waals surface area contributed by atoms with Gasteiger partial charge in [0.2, 0.25) is 6.79 Å². The molecule has 8 nitrogen and oxygen atoms in total. The Morgan fingerprint density at radius 1 is 1.00 bits per heavy atom. The molecule has 0 fully saturated rings. The van der Waals surface area contributed by atoms with Crippen LogP contribution in [0.25, 0.3) is 0 Å². The fraction of sp³-hybridized carbons (Fsp3) is 0.375. The van der Waals surface area contributed by atoms with Crippen molar-refractivity contribution in [2.75, 3.05) is 26.4 Å². The molecule has 0 aliphatic carbocycles. The van der Waals surface area contributed by atoms with E-state index in [1.165, 1.54) is 11.1 Å². The average molecular weight is 435 g/mol. The van der Waals surface area contributed by atoms with Crippen LogP contribution in [0.5, 0.6) is 11.5 Å². The monoisotopic (exact) mass is 434 g/mol. The highest BCUT2D eigenvalue weighted by atomic mass is 16.7. The highest BCUT2D eigenvalue weighted by Gasteiger charge is 2.13. The van der Waals surface area contributed by atoms with Gasteiger partial charge in [-0.2, -0.15) is 0 Å². The number of fused-ring (bicyclic) bond motifs is 1. The number of hydrogen-bond acceptors (Lipinski definition) is 5. The van der Waals surface area contributed by atoms with E-state index < -0.39 is 0 Å². The zero-order valence-electron chi connectivity index (χ0n) is 18.5. The Hall–Kier alpha value is -3.55. The highest BCUT2D eigenvalue weighted by Crippen LogP contribution is 2.32. The van der Waals surface area contributed by atoms with Crippen LogP contribution in [0.1, 0.15) is 23.9 Å². The molecule has 2 N–H and O–H groups in total. The number of aliphatic imine (C=N–C) groups is 1. The van der Waals surface area contributed by atoms with Crippen LogP contribution in [0.2, 0.25) is 0 Å². The summed E-state index contributed by atoms with van der Waals surface area (Å²) in [5.74, 6) is 3.43. The van der Waals surface area contributed by atoms with Crippen molar-refractivity contribution in [3.8, 4) is 11.5 Å². The molecule has 0 saturated carbocycles. The number of nitrogens with zero attached hydrogens (tertiary/aromatic N) is 4. The van der Waals surface area contributed by atoms with Crippen molar-refractivity contribution in [3.63, 3.8) is 0 Å². The Morgan fingerprint density at radius 2 is 1.84 bits per heavy atom. The van der Waals surface area contributed by atoms with Gasteiger partial charge in [-0.3, -0.25) is 4.99 Å². The van der Waals surface area contributed by atoms with Gasteiger partial charge in [-0.1, -0.05) is 43.3 Å². The number of benzene rings is 2. The quantitative estimate of drug-likeness (QED) is 0.377. The van der Waals surface area contributed by atoms with Gasteiger partial charge in [0.25, 0.3) is 0 Å². The summed E-state index contributed by atoms with van der Waals surface area (Å²) in [6.45, 7) is 5.40. The Balaban J connectivity index is 1.31. The van der Waals surface area contributed by atoms with E-state index in [1.807, 2.05) is 18.2 Å². The van der Waals surface area contributed by atoms with Crippen LogP contribution in [0, 0.1) is 0 Å². The first-order chi connectivity index (χ1) is 15.8. The summed E-state index contributed by atoms with van der Waals surface area (Å²) in [6, 6.07) is 16.5. The van der Waals surface area contributed by atoms with Gasteiger partial charge >= 0.3 is 0 Å². The molecule has 32 heavy (non-hydrogen) atoms. The van der Waals surface area contributed by atoms with E-state index in [-0.39, 0.29) is 0 Å². The van der Waals surface area contributed by atoms with Gasteiger partial charge in [0.05, 0.1) is 0 Å². The Bertz CT molecular complexity index is 1020. The van der Waals surface area contributed by atoms with E-state index in [9.17, 15) is 0 Å². The highest BCUT2D eigenvalue weighted by molar-refractivity contribution is 5.79. The summed E-state index contributed by atoms with van der Waals surface area (Å²) in [5.41, 5.74) is 2.48. The van der Waals surface area contributed by atoms with Crippen LogP contribution in [0.4, 0.5) is 0 Å². The predicted octanol–water partition coefficient (Wildman–Crippen LogP) is 2.59. The summed E-state index contributed by atoms with van der Waals surface area (Å²) in [6.07, 6.45) is 4.41. The van der Waals surface area contributed by atoms with E-state index in [0.717, 1.165) is 68.7 Å². The minimum Gasteiger partial charge on any atom is -0.454 e. The average Bonchev–Trinajstić information content (AvgIpc) is 3.48. The van der Waals surface area contributed by atoms with Gasteiger partial charge < -0.3 is 24.7 Å². The smallest absolute Gasteiger partial charge is 0.231 e. The third-order valence-electron chi connectivity index (χ3n) is 5.31. The number of ether oxygens (including phenoxy) is 2. The van der Waals surface area contributed by atoms with Crippen molar-refractivity contribution < 1.29 is 9.47 Å². The molecule has 1 aliphatic rings. The first-order valence-corrected chi connectivity index (χ1v) is 11.1. The molecule has 0 atom stereocenters. The molecule has 4 rings (SSSR count). The predicted molar refractivity (Wildman–Crippen MR) is 124 cm³/mol. The minimum absolute atomic E-state index is 0.297. The second kappa shape index (κ2) is 11.2. The molecule has 0 amide bonds. The topological polar surface area (TPSA) is 85.6 Å². The maximum absolute atomic E-state index is 5.48. The van der Waals surface area contributed by atoms with Crippen LogP contribution >= 0.6 is 0 Å². The summed E-state index contributed by atoms with van der Waals surface area (Å²) in [7, 11) is 0. The molecule has 2 heterocycles. The number of guanidine groups is 1. The summed E-state index contributed by atoms with van der Waals surface area (Å²) < 4.78 is 12.9. The molecule has 2 aromatic carbocycles. The standard InChI is InChI=1S/C24H30N6O2/c1-2-23-29-28-17-30(23)15-14-27-24(25-12-10-19-6-4-3-5-7-19)26-13-11-20-8-9-21-22(16-20)32-18-31-21/h3-9,16-17H,2,10-15,18H2,1H3,(H2,25,26,27). The van der Waals surface area contributed by atoms with Gasteiger partial charge in [-0.05, 0) is 36.1 Å². The first kappa shape index (κ1) is 21.7. The molecule has 1 aromatic heterocycles. The molecule has 0 radical (unpaired) electrons. The molecule has 0 bridgehead atoms. The molecule has 1 aliphatic heterocycles. The SMILES string of the molecule is CCc1nncn1CCNC(=NCCc1ccccc1)NCCc1ccc2c(c1)OCO2. The van der Waals surface area contributed by atoms with Crippen LogP contribution in [-0.2, 0) is 25.8 Å². The molecule has 8 heteroatoms. The molecular formula is C24H30N6O2. The van der Waals surface area contributed by atoms with Crippen LogP contribution in [0.3, 0.4) is 0 Å². The third kappa shape index (κ3) is 6.00. The number of rotatable bonds is 10. The summed E-state index contributed by atoms with van der Waals surface area (Å²) >= 11 is 0. The Morgan fingerprint density at radius 3 is 2.72 bits per heavy atom. The zero-order chi connectivity index (χ0) is 22.0. The molecule has 3 aromatic rings. The number of nitrogens with one attached hydrogen (secondary N) is 2. The van der Waals surface area contributed by atoms with Gasteiger partial charge in [0, 0.05) is 32.6 Å². The van der Waals surface area contributed by atoms with Crippen molar-refractivity contribution >= 4 is 5.96 Å². The van der Waals surface area contributed by atoms with Crippen LogP contribution in [0.15, 0.2) is 59.9 Å². The van der Waals surface area contributed by atoms with Crippen molar-refractivity contribution in [1.29, 1.82) is 0 Å². The Kier molecular flexibility index (Phi) is 7.57. The molecular weight excluding hydrogens is 404 g/mol. The largest absolute Gasteiger partial charge is 0.454 e. The lowest BCUT2D eigenvalue weighted by molar-refractivity contribution is 0.174. The van der Waals surface area contributed by atoms with Crippen molar-refractivity contribution in [1.82, 2.24) is 25.4 Å². The molecule has 0 spiro atoms. The van der Waals surface area contributed by atoms with E-state index in [2.05, 4.69) is 62.7 Å². The number of aryl methyl sites for hydroxylation is 1. The molecule has 168 valence electrons. The molecule has 0 unspecified atom stereocenters. The van der Waals surface area contributed by atoms with E-state index >= 15 is 0 Å². The van der Waals surface area contributed by atoms with E-state index in [1.54, 1.807) is 6.33 Å². The van der Waals surface area contributed by atoms with Crippen molar-refractivity contribution in [2.24, 2.45) is 4.99 Å². The lowest BCUT2D eigenvalue weighted by Crippen LogP contribution is -2.40. The fourth-order valence-electron chi connectivity index (χ4n) is 3.57. The van der Waals surface area contributed by atoms with Gasteiger partial charge in [0.1, 0.15) is 12.2 Å². The fourth-order valence-corrected chi connectivity index (χ4v) is 3.57. The first-order valence-electron chi connectivity index (χ1n) is 11.1. The maximum Gasteiger partial charge on any atom is 0.231 e. The summed E-state index contributed by atoms with van der Waals surface area (Å²) in [5, 5.41) is 15.0. The van der Waals surface area contributed by atoms with E-state index in [4.69, 9.17) is 14.5 Å². The normalized spacial score (nSPS) is 12.7. The second-order valence-corrected chi connectivity index (χ2v) is 7.55. The lowest BCUT2D eigenvalue weighted by Gasteiger charge is -2.14. The van der Waals surface area contributed by atoms with Crippen molar-refractivity contribution in [2.45, 2.75) is 32.7 Å². The lowest BCUT2D eigenvalue weighted by atomic mass is 10.1. The van der Waals surface area contributed by atoms with E-state index in [0.29, 0.717) is 6.79 Å². The van der Waals surface area contributed by atoms with Gasteiger partial charge in [-0.15, -0.1) is 10.2 Å². The third-order valence-corrected chi connectivity index (χ3v) is 5.31. The summed E-state index contributed by atoms with van der Waals surface area (Å²) in [4.78, 5) is 4.78. The zero-order valence-corrected chi connectivity index (χ0v) is 18.5. The Labute approximate surface area is 188 Å². The van der Waals surface area contributed by atoms with Crippen molar-refractivity contribution in [3.05, 3.63) is 71.8 Å². The number of hydrogen-bond donors (Lipinski definition) is 2. The van der Waals surface area contributed by atoms with Gasteiger partial charge in [-0.25, -0.2) is 0 Å². The molecule has 0 saturated heterocycles. The minimum atomic E-state index is 0.297. The van der Waals surface area contributed by atoms with Gasteiger partial charge in [0.15, 0.2) is 17.5 Å². The van der Waals surface area contributed by atoms with Crippen LogP contribution in [-0.4, -0.2) is 47.2 Å². The second-order valence-electron chi connectivity index (χ2n) is 7.55. The maximum atomic E-state index is 5.48.